The summed E-state index contributed by atoms with van der Waals surface area (Å²) in [5.41, 5.74) is 1.09. The van der Waals surface area contributed by atoms with Crippen LogP contribution >= 0.6 is 11.6 Å². The number of benzene rings is 1. The molecule has 1 N–H and O–H groups in total. The topological polar surface area (TPSA) is 32.3 Å². The first-order valence-corrected chi connectivity index (χ1v) is 5.68. The molecule has 0 aliphatic heterocycles. The highest BCUT2D eigenvalue weighted by atomic mass is 35.5. The van der Waals surface area contributed by atoms with Crippen molar-refractivity contribution >= 4 is 23.2 Å². The molecule has 1 rings (SSSR count). The van der Waals surface area contributed by atoms with E-state index in [1.54, 1.807) is 0 Å². The molecule has 3 nitrogen and oxygen atoms in total. The molecule has 0 unspecified atom stereocenters. The molecule has 16 heavy (non-hydrogen) atoms. The molecular formula is C12H17ClN2O. The van der Waals surface area contributed by atoms with Crippen LogP contribution < -0.4 is 10.2 Å². The van der Waals surface area contributed by atoms with E-state index in [0.717, 1.165) is 23.7 Å². The lowest BCUT2D eigenvalue weighted by Crippen LogP contribution is -2.26. The van der Waals surface area contributed by atoms with Crippen molar-refractivity contribution in [2.75, 3.05) is 25.0 Å². The fraction of sp³-hybridized carbons (Fsp3) is 0.417. The van der Waals surface area contributed by atoms with E-state index in [-0.39, 0.29) is 5.91 Å². The van der Waals surface area contributed by atoms with Crippen LogP contribution in [0.25, 0.3) is 0 Å². The molecule has 0 spiro atoms. The van der Waals surface area contributed by atoms with Gasteiger partial charge in [0.1, 0.15) is 0 Å². The number of carbonyl (C=O) groups excluding carboxylic acids is 1. The van der Waals surface area contributed by atoms with Gasteiger partial charge in [-0.25, -0.2) is 0 Å². The maximum Gasteiger partial charge on any atom is 0.216 e. The largest absolute Gasteiger partial charge is 0.374 e. The molecule has 0 radical (unpaired) electrons. The van der Waals surface area contributed by atoms with Crippen LogP contribution in [0.4, 0.5) is 5.69 Å². The summed E-state index contributed by atoms with van der Waals surface area (Å²) >= 11 is 5.91. The molecule has 0 fully saturated rings. The Hall–Kier alpha value is -1.22. The van der Waals surface area contributed by atoms with E-state index < -0.39 is 0 Å². The third kappa shape index (κ3) is 4.53. The summed E-state index contributed by atoms with van der Waals surface area (Å²) in [5, 5.41) is 3.51. The second-order valence-corrected chi connectivity index (χ2v) is 4.17. The molecule has 0 bridgehead atoms. The van der Waals surface area contributed by atoms with Crippen LogP contribution in [-0.2, 0) is 4.79 Å². The van der Waals surface area contributed by atoms with Crippen molar-refractivity contribution in [3.8, 4) is 0 Å². The summed E-state index contributed by atoms with van der Waals surface area (Å²) in [6.07, 6.45) is 0.919. The minimum absolute atomic E-state index is 0.0189. The SMILES string of the molecule is CC(=O)NCCCN(C)c1cccc(Cl)c1. The van der Waals surface area contributed by atoms with Gasteiger partial charge < -0.3 is 10.2 Å². The zero-order valence-corrected chi connectivity index (χ0v) is 10.4. The number of nitrogens with one attached hydrogen (secondary N) is 1. The van der Waals surface area contributed by atoms with Gasteiger partial charge in [0.2, 0.25) is 5.91 Å². The van der Waals surface area contributed by atoms with Crippen molar-refractivity contribution in [2.45, 2.75) is 13.3 Å². The smallest absolute Gasteiger partial charge is 0.216 e. The van der Waals surface area contributed by atoms with Crippen LogP contribution in [0.2, 0.25) is 5.02 Å². The molecule has 1 amide bonds. The van der Waals surface area contributed by atoms with E-state index in [0.29, 0.717) is 6.54 Å². The van der Waals surface area contributed by atoms with Gasteiger partial charge >= 0.3 is 0 Å². The number of hydrogen-bond acceptors (Lipinski definition) is 2. The van der Waals surface area contributed by atoms with Crippen molar-refractivity contribution in [1.82, 2.24) is 5.32 Å². The van der Waals surface area contributed by atoms with E-state index in [1.165, 1.54) is 6.92 Å². The van der Waals surface area contributed by atoms with Crippen molar-refractivity contribution < 1.29 is 4.79 Å². The van der Waals surface area contributed by atoms with E-state index in [1.807, 2.05) is 31.3 Å². The highest BCUT2D eigenvalue weighted by Crippen LogP contribution is 2.18. The van der Waals surface area contributed by atoms with E-state index in [2.05, 4.69) is 10.2 Å². The molecule has 1 aromatic rings. The third-order valence-electron chi connectivity index (χ3n) is 2.29. The van der Waals surface area contributed by atoms with E-state index in [4.69, 9.17) is 11.6 Å². The van der Waals surface area contributed by atoms with Gasteiger partial charge in [0.15, 0.2) is 0 Å². The number of halogens is 1. The Kier molecular flexibility index (Phi) is 5.12. The molecule has 0 saturated heterocycles. The summed E-state index contributed by atoms with van der Waals surface area (Å²) in [4.78, 5) is 12.8. The molecule has 1 aromatic carbocycles. The van der Waals surface area contributed by atoms with Gasteiger partial charge in [0.05, 0.1) is 0 Å². The highest BCUT2D eigenvalue weighted by Gasteiger charge is 2.01. The normalized spacial score (nSPS) is 9.94. The fourth-order valence-electron chi connectivity index (χ4n) is 1.42. The summed E-state index contributed by atoms with van der Waals surface area (Å²) in [7, 11) is 2.01. The Morgan fingerprint density at radius 3 is 2.88 bits per heavy atom. The zero-order chi connectivity index (χ0) is 12.0. The zero-order valence-electron chi connectivity index (χ0n) is 9.66. The van der Waals surface area contributed by atoms with Gasteiger partial charge in [-0.2, -0.15) is 0 Å². The summed E-state index contributed by atoms with van der Waals surface area (Å²) in [5.74, 6) is 0.0189. The Labute approximate surface area is 101 Å². The highest BCUT2D eigenvalue weighted by molar-refractivity contribution is 6.30. The predicted molar refractivity (Wildman–Crippen MR) is 68.0 cm³/mol. The van der Waals surface area contributed by atoms with Gasteiger partial charge in [-0.3, -0.25) is 4.79 Å². The molecule has 0 heterocycles. The number of nitrogens with zero attached hydrogens (tertiary/aromatic N) is 1. The molecule has 0 aliphatic rings. The Morgan fingerprint density at radius 1 is 1.50 bits per heavy atom. The molecule has 0 aliphatic carbocycles. The van der Waals surface area contributed by atoms with Crippen molar-refractivity contribution in [3.63, 3.8) is 0 Å². The lowest BCUT2D eigenvalue weighted by molar-refractivity contribution is -0.118. The lowest BCUT2D eigenvalue weighted by atomic mass is 10.3. The molecule has 0 saturated carbocycles. The number of anilines is 1. The molecule has 4 heteroatoms. The third-order valence-corrected chi connectivity index (χ3v) is 2.53. The number of amides is 1. The fourth-order valence-corrected chi connectivity index (χ4v) is 1.61. The summed E-state index contributed by atoms with van der Waals surface area (Å²) < 4.78 is 0. The quantitative estimate of drug-likeness (QED) is 0.801. The Balaban J connectivity index is 2.35. The Bertz CT molecular complexity index is 355. The molecular weight excluding hydrogens is 224 g/mol. The monoisotopic (exact) mass is 240 g/mol. The minimum atomic E-state index is 0.0189. The van der Waals surface area contributed by atoms with Crippen LogP contribution in [-0.4, -0.2) is 26.0 Å². The van der Waals surface area contributed by atoms with E-state index in [9.17, 15) is 4.79 Å². The lowest BCUT2D eigenvalue weighted by Gasteiger charge is -2.19. The van der Waals surface area contributed by atoms with Crippen molar-refractivity contribution in [1.29, 1.82) is 0 Å². The van der Waals surface area contributed by atoms with Crippen LogP contribution in [0.5, 0.6) is 0 Å². The maximum atomic E-state index is 10.7. The maximum absolute atomic E-state index is 10.7. The average molecular weight is 241 g/mol. The minimum Gasteiger partial charge on any atom is -0.374 e. The van der Waals surface area contributed by atoms with Crippen LogP contribution in [0.3, 0.4) is 0 Å². The number of carbonyl (C=O) groups is 1. The van der Waals surface area contributed by atoms with Gasteiger partial charge in [-0.1, -0.05) is 17.7 Å². The Morgan fingerprint density at radius 2 is 2.25 bits per heavy atom. The summed E-state index contributed by atoms with van der Waals surface area (Å²) in [6.45, 7) is 3.13. The number of hydrogen-bond donors (Lipinski definition) is 1. The second-order valence-electron chi connectivity index (χ2n) is 3.74. The van der Waals surface area contributed by atoms with Gasteiger partial charge in [0, 0.05) is 37.8 Å². The predicted octanol–water partition coefficient (Wildman–Crippen LogP) is 2.30. The van der Waals surface area contributed by atoms with Gasteiger partial charge in [-0.15, -0.1) is 0 Å². The van der Waals surface area contributed by atoms with Crippen molar-refractivity contribution in [2.24, 2.45) is 0 Å². The van der Waals surface area contributed by atoms with Crippen LogP contribution in [0, 0.1) is 0 Å². The molecule has 88 valence electrons. The standard InChI is InChI=1S/C12H17ClN2O/c1-10(16)14-7-4-8-15(2)12-6-3-5-11(13)9-12/h3,5-6,9H,4,7-8H2,1-2H3,(H,14,16). The average Bonchev–Trinajstić information content (AvgIpc) is 2.24. The van der Waals surface area contributed by atoms with Crippen LogP contribution in [0.15, 0.2) is 24.3 Å². The first-order valence-electron chi connectivity index (χ1n) is 5.31. The molecule has 0 atom stereocenters. The van der Waals surface area contributed by atoms with E-state index >= 15 is 0 Å². The second kappa shape index (κ2) is 6.38. The summed E-state index contributed by atoms with van der Waals surface area (Å²) in [6, 6.07) is 7.74. The van der Waals surface area contributed by atoms with Crippen LogP contribution in [0.1, 0.15) is 13.3 Å². The first kappa shape index (κ1) is 12.8. The van der Waals surface area contributed by atoms with Gasteiger partial charge in [-0.05, 0) is 24.6 Å². The van der Waals surface area contributed by atoms with Crippen molar-refractivity contribution in [3.05, 3.63) is 29.3 Å². The van der Waals surface area contributed by atoms with Gasteiger partial charge in [0.25, 0.3) is 0 Å². The first-order chi connectivity index (χ1) is 7.59. The number of rotatable bonds is 5. The molecule has 0 aromatic heterocycles.